The Bertz CT molecular complexity index is 2790. The standard InChI is InChI=1S/C55H66F4N10O6/c1-74-54(72)64-47(30-12-4-5-13-30)52(70)67-22-10-16-45(67)50-60-39-26-33(35(56)28-41(39)62-50)43-18-19-44(69(43)32-24-37(58)49(38(59)25-32)66-20-8-3-9-21-66)34-27-40-42(29-36(34)57)63-51(61-40)46-17-11-23-68(46)53(71)48(65-55(73)75-2)31-14-6-7-15-31/h24-31,43-48H,3-23H2,1-2H3,(H,60,62)(H,61,63)(H,64,72)(H,65,73)/t43-,44-,45+,46+,47+,48+/m1/s1. The molecule has 4 aliphatic heterocycles. The van der Waals surface area contributed by atoms with Crippen LogP contribution in [0.4, 0.5) is 38.5 Å². The molecule has 6 fully saturated rings. The van der Waals surface area contributed by atoms with Crippen molar-refractivity contribution in [3.8, 4) is 0 Å². The van der Waals surface area contributed by atoms with E-state index in [2.05, 4.69) is 20.6 Å². The lowest BCUT2D eigenvalue weighted by Gasteiger charge is -2.35. The Morgan fingerprint density at radius 1 is 0.533 bits per heavy atom. The smallest absolute Gasteiger partial charge is 0.407 e. The zero-order valence-corrected chi connectivity index (χ0v) is 42.6. The number of aromatic amines is 2. The molecule has 0 unspecified atom stereocenters. The first-order valence-electron chi connectivity index (χ1n) is 27.1. The molecule has 20 heteroatoms. The summed E-state index contributed by atoms with van der Waals surface area (Å²) in [5, 5.41) is 5.59. The van der Waals surface area contributed by atoms with Gasteiger partial charge in [0.15, 0.2) is 11.6 Å². The highest BCUT2D eigenvalue weighted by Crippen LogP contribution is 2.50. The lowest BCUT2D eigenvalue weighted by molar-refractivity contribution is -0.136. The minimum atomic E-state index is -0.824. The number of amides is 4. The van der Waals surface area contributed by atoms with Gasteiger partial charge in [0.1, 0.15) is 41.1 Å². The Labute approximate surface area is 432 Å². The van der Waals surface area contributed by atoms with Crippen LogP contribution in [0.3, 0.4) is 0 Å². The number of nitrogens with one attached hydrogen (secondary N) is 4. The highest BCUT2D eigenvalue weighted by Gasteiger charge is 2.44. The lowest BCUT2D eigenvalue weighted by Crippen LogP contribution is -2.51. The van der Waals surface area contributed by atoms with Crippen LogP contribution < -0.4 is 20.4 Å². The highest BCUT2D eigenvalue weighted by atomic mass is 19.1. The van der Waals surface area contributed by atoms with Gasteiger partial charge in [0.05, 0.1) is 60.5 Å². The van der Waals surface area contributed by atoms with Gasteiger partial charge >= 0.3 is 12.2 Å². The number of hydrogen-bond donors (Lipinski definition) is 4. The van der Waals surface area contributed by atoms with Crippen LogP contribution in [0.1, 0.15) is 156 Å². The van der Waals surface area contributed by atoms with Crippen LogP contribution in [0.2, 0.25) is 0 Å². The summed E-state index contributed by atoms with van der Waals surface area (Å²) in [5.74, 6) is -2.27. The molecule has 4 amide bonds. The maximum Gasteiger partial charge on any atom is 0.407 e. The number of hydrogen-bond acceptors (Lipinski definition) is 10. The van der Waals surface area contributed by atoms with E-state index in [9.17, 15) is 19.2 Å². The minimum Gasteiger partial charge on any atom is -0.453 e. The van der Waals surface area contributed by atoms with Crippen LogP contribution in [0.25, 0.3) is 22.1 Å². The normalized spacial score (nSPS) is 23.4. The molecule has 2 aromatic heterocycles. The summed E-state index contributed by atoms with van der Waals surface area (Å²) >= 11 is 0. The van der Waals surface area contributed by atoms with E-state index in [0.717, 1.165) is 70.6 Å². The summed E-state index contributed by atoms with van der Waals surface area (Å²) in [6, 6.07) is 4.40. The number of nitrogens with zero attached hydrogens (tertiary/aromatic N) is 6. The van der Waals surface area contributed by atoms with E-state index in [1.54, 1.807) is 31.7 Å². The fourth-order valence-corrected chi connectivity index (χ4v) is 13.6. The Morgan fingerprint density at radius 3 is 1.40 bits per heavy atom. The van der Waals surface area contributed by atoms with E-state index in [-0.39, 0.29) is 59.0 Å². The molecule has 0 radical (unpaired) electrons. The van der Waals surface area contributed by atoms with Crippen LogP contribution in [-0.2, 0) is 19.1 Å². The first kappa shape index (κ1) is 50.6. The van der Waals surface area contributed by atoms with Gasteiger partial charge in [-0.15, -0.1) is 0 Å². The summed E-state index contributed by atoms with van der Waals surface area (Å²) < 4.78 is 76.7. The predicted octanol–water partition coefficient (Wildman–Crippen LogP) is 10.2. The number of aromatic nitrogens is 4. The number of benzene rings is 3. The minimum absolute atomic E-state index is 0.0308. The summed E-state index contributed by atoms with van der Waals surface area (Å²) in [6.45, 7) is 1.91. The van der Waals surface area contributed by atoms with Crippen molar-refractivity contribution in [2.45, 2.75) is 145 Å². The number of piperidine rings is 1. The van der Waals surface area contributed by atoms with Crippen molar-refractivity contribution in [1.29, 1.82) is 0 Å². The van der Waals surface area contributed by atoms with Crippen molar-refractivity contribution in [3.63, 3.8) is 0 Å². The second-order valence-corrected chi connectivity index (χ2v) is 21.5. The molecule has 6 atom stereocenters. The second kappa shape index (κ2) is 21.2. The zero-order chi connectivity index (χ0) is 52.1. The monoisotopic (exact) mass is 1040 g/mol. The van der Waals surface area contributed by atoms with E-state index in [1.807, 2.05) is 0 Å². The number of H-pyrrole nitrogens is 2. The Hall–Kier alpha value is -6.60. The molecular formula is C55H66F4N10O6. The molecule has 2 saturated carbocycles. The number of rotatable bonds is 12. The summed E-state index contributed by atoms with van der Waals surface area (Å²) in [4.78, 5) is 76.8. The molecular weight excluding hydrogens is 973 g/mol. The average molecular weight is 1040 g/mol. The van der Waals surface area contributed by atoms with Crippen LogP contribution >= 0.6 is 0 Å². The van der Waals surface area contributed by atoms with Crippen LogP contribution in [0.5, 0.6) is 0 Å². The summed E-state index contributed by atoms with van der Waals surface area (Å²) in [5.41, 5.74) is 2.07. The van der Waals surface area contributed by atoms with E-state index in [4.69, 9.17) is 19.4 Å². The van der Waals surface area contributed by atoms with Crippen LogP contribution in [-0.4, -0.2) is 106 Å². The zero-order valence-electron chi connectivity index (χ0n) is 42.6. The Morgan fingerprint density at radius 2 is 0.973 bits per heavy atom. The molecule has 0 spiro atoms. The average Bonchev–Trinajstić information content (AvgIpc) is 4.27. The number of methoxy groups -OCH3 is 2. The molecule has 400 valence electrons. The number of likely N-dealkylation sites (tertiary alicyclic amines) is 2. The molecule has 0 bridgehead atoms. The Kier molecular flexibility index (Phi) is 14.3. The maximum atomic E-state index is 16.9. The van der Waals surface area contributed by atoms with Gasteiger partial charge in [-0.1, -0.05) is 25.7 Å². The number of carbonyl (C=O) groups is 4. The van der Waals surface area contributed by atoms with E-state index in [0.29, 0.717) is 85.6 Å². The molecule has 4 saturated heterocycles. The molecule has 11 rings (SSSR count). The quantitative estimate of drug-likeness (QED) is 0.0879. The maximum absolute atomic E-state index is 16.9. The van der Waals surface area contributed by atoms with Crippen molar-refractivity contribution < 1.29 is 46.2 Å². The molecule has 4 N–H and O–H groups in total. The Balaban J connectivity index is 0.925. The second-order valence-electron chi connectivity index (χ2n) is 21.5. The van der Waals surface area contributed by atoms with E-state index >= 15 is 17.6 Å². The fourth-order valence-electron chi connectivity index (χ4n) is 13.6. The fraction of sp³-hybridized carbons (Fsp3) is 0.564. The van der Waals surface area contributed by atoms with Gasteiger partial charge in [-0.2, -0.15) is 0 Å². The first-order valence-corrected chi connectivity index (χ1v) is 27.1. The highest BCUT2D eigenvalue weighted by molar-refractivity contribution is 5.88. The van der Waals surface area contributed by atoms with E-state index in [1.165, 1.54) is 38.5 Å². The number of alkyl carbamates (subject to hydrolysis) is 2. The van der Waals surface area contributed by atoms with E-state index < -0.39 is 71.7 Å². The number of halogens is 4. The van der Waals surface area contributed by atoms with Crippen molar-refractivity contribution in [2.24, 2.45) is 11.8 Å². The topological polar surface area (TPSA) is 181 Å². The number of fused-ring (bicyclic) bond motifs is 2. The van der Waals surface area contributed by atoms with Crippen molar-refractivity contribution in [2.75, 3.05) is 50.2 Å². The lowest BCUT2D eigenvalue weighted by atomic mass is 9.96. The summed E-state index contributed by atoms with van der Waals surface area (Å²) in [7, 11) is 2.54. The van der Waals surface area contributed by atoms with Crippen molar-refractivity contribution in [1.82, 2.24) is 40.4 Å². The van der Waals surface area contributed by atoms with Crippen LogP contribution in [0, 0.1) is 35.1 Å². The van der Waals surface area contributed by atoms with Gasteiger partial charge < -0.3 is 49.7 Å². The molecule has 2 aliphatic carbocycles. The van der Waals surface area contributed by atoms with Gasteiger partial charge in [0.25, 0.3) is 0 Å². The van der Waals surface area contributed by atoms with Gasteiger partial charge in [-0.05, 0) is 132 Å². The summed E-state index contributed by atoms with van der Waals surface area (Å²) in [6.07, 6.45) is 11.5. The third kappa shape index (κ3) is 9.70. The largest absolute Gasteiger partial charge is 0.453 e. The van der Waals surface area contributed by atoms with Gasteiger partial charge in [0, 0.05) is 43.0 Å². The predicted molar refractivity (Wildman–Crippen MR) is 272 cm³/mol. The number of carbonyl (C=O) groups excluding carboxylic acids is 4. The van der Waals surface area contributed by atoms with Gasteiger partial charge in [0.2, 0.25) is 11.8 Å². The molecule has 5 aromatic rings. The third-order valence-corrected chi connectivity index (χ3v) is 17.2. The SMILES string of the molecule is COC(=O)N[C@H](C(=O)N1CCC[C@H]1c1nc2cc([C@H]3CC[C@H](c4cc5nc([C@@H]6CCCN6C(=O)[C@@H](NC(=O)OC)C6CCCC6)[nH]c5cc4F)N3c3cc(F)c(N4CCCCC4)c(F)c3)c(F)cc2[nH]1)C1CCCC1. The number of imidazole rings is 2. The molecule has 3 aromatic carbocycles. The molecule has 6 heterocycles. The van der Waals surface area contributed by atoms with Gasteiger partial charge in [-0.25, -0.2) is 37.1 Å². The van der Waals surface area contributed by atoms with Crippen LogP contribution in [0.15, 0.2) is 36.4 Å². The molecule has 16 nitrogen and oxygen atoms in total. The first-order chi connectivity index (χ1) is 36.4. The van der Waals surface area contributed by atoms with Gasteiger partial charge in [-0.3, -0.25) is 9.59 Å². The van der Waals surface area contributed by atoms with Crippen molar-refractivity contribution >= 4 is 57.4 Å². The molecule has 6 aliphatic rings. The van der Waals surface area contributed by atoms with Crippen molar-refractivity contribution in [3.05, 3.63) is 82.4 Å². The number of ether oxygens (including phenoxy) is 2. The number of anilines is 2. The third-order valence-electron chi connectivity index (χ3n) is 17.2. The molecule has 75 heavy (non-hydrogen) atoms.